The third-order valence-electron chi connectivity index (χ3n) is 5.74. The van der Waals surface area contributed by atoms with Crippen LogP contribution >= 0.6 is 0 Å². The van der Waals surface area contributed by atoms with Crippen molar-refractivity contribution in [2.45, 2.75) is 38.3 Å². The van der Waals surface area contributed by atoms with Gasteiger partial charge in [-0.1, -0.05) is 36.4 Å². The lowest BCUT2D eigenvalue weighted by atomic mass is 10.0. The second-order valence-corrected chi connectivity index (χ2v) is 7.73. The summed E-state index contributed by atoms with van der Waals surface area (Å²) < 4.78 is 0. The average molecular weight is 385 g/mol. The molecule has 6 heteroatoms. The predicted octanol–water partition coefficient (Wildman–Crippen LogP) is 3.41. The van der Waals surface area contributed by atoms with E-state index in [0.717, 1.165) is 35.6 Å². The number of benzene rings is 1. The largest absolute Gasteiger partial charge is 0.366 e. The van der Waals surface area contributed by atoms with Gasteiger partial charge in [0.25, 0.3) is 0 Å². The number of nitrogens with zero attached hydrogens (tertiary/aromatic N) is 4. The smallest absolute Gasteiger partial charge is 0.219 e. The molecule has 2 atom stereocenters. The highest BCUT2D eigenvalue weighted by molar-refractivity contribution is 5.74. The van der Waals surface area contributed by atoms with Crippen molar-refractivity contribution >= 4 is 11.7 Å². The molecule has 29 heavy (non-hydrogen) atoms. The molecule has 1 N–H and O–H groups in total. The monoisotopic (exact) mass is 385 g/mol. The summed E-state index contributed by atoms with van der Waals surface area (Å²) in [5.74, 6) is 2.09. The number of carbonyl (C=O) groups is 1. The Morgan fingerprint density at radius 1 is 1.10 bits per heavy atom. The van der Waals surface area contributed by atoms with E-state index in [9.17, 15) is 4.79 Å². The molecule has 146 valence electrons. The molecule has 1 saturated carbocycles. The summed E-state index contributed by atoms with van der Waals surface area (Å²) in [6, 6.07) is 16.7. The summed E-state index contributed by atoms with van der Waals surface area (Å²) >= 11 is 0. The van der Waals surface area contributed by atoms with Gasteiger partial charge in [0.05, 0.1) is 12.2 Å². The van der Waals surface area contributed by atoms with Gasteiger partial charge in [-0.05, 0) is 30.5 Å². The summed E-state index contributed by atoms with van der Waals surface area (Å²) in [5.41, 5.74) is 4.15. The van der Waals surface area contributed by atoms with Gasteiger partial charge in [0.1, 0.15) is 11.5 Å². The highest BCUT2D eigenvalue weighted by atomic mass is 16.2. The lowest BCUT2D eigenvalue weighted by molar-refractivity contribution is -0.129. The maximum atomic E-state index is 11.9. The van der Waals surface area contributed by atoms with Crippen LogP contribution < -0.4 is 5.32 Å². The SMILES string of the molecule is CC(=O)N1CCc2c(nc(-c3ccccn3)nc2N[C@@H]2C[C@H]2c2ccccc2)C1. The van der Waals surface area contributed by atoms with Crippen LogP contribution in [0.15, 0.2) is 54.7 Å². The summed E-state index contributed by atoms with van der Waals surface area (Å²) in [6.45, 7) is 2.84. The van der Waals surface area contributed by atoms with Gasteiger partial charge in [0.15, 0.2) is 5.82 Å². The zero-order chi connectivity index (χ0) is 19.8. The van der Waals surface area contributed by atoms with E-state index >= 15 is 0 Å². The first-order chi connectivity index (χ1) is 14.2. The fourth-order valence-electron chi connectivity index (χ4n) is 4.03. The molecule has 0 unspecified atom stereocenters. The average Bonchev–Trinajstić information content (AvgIpc) is 3.53. The third-order valence-corrected chi connectivity index (χ3v) is 5.74. The van der Waals surface area contributed by atoms with Crippen LogP contribution in [0.4, 0.5) is 5.82 Å². The van der Waals surface area contributed by atoms with E-state index in [1.807, 2.05) is 23.1 Å². The molecule has 3 heterocycles. The first-order valence-electron chi connectivity index (χ1n) is 10.1. The Bertz CT molecular complexity index is 1040. The van der Waals surface area contributed by atoms with Crippen molar-refractivity contribution in [3.05, 3.63) is 71.5 Å². The summed E-state index contributed by atoms with van der Waals surface area (Å²) in [6.07, 6.45) is 3.61. The molecule has 5 rings (SSSR count). The van der Waals surface area contributed by atoms with Crippen LogP contribution in [0.5, 0.6) is 0 Å². The van der Waals surface area contributed by atoms with E-state index in [2.05, 4.69) is 40.6 Å². The van der Waals surface area contributed by atoms with E-state index in [0.29, 0.717) is 30.9 Å². The minimum Gasteiger partial charge on any atom is -0.366 e. The quantitative estimate of drug-likeness (QED) is 0.745. The Morgan fingerprint density at radius 2 is 1.93 bits per heavy atom. The normalized spacial score (nSPS) is 20.1. The van der Waals surface area contributed by atoms with Crippen molar-refractivity contribution in [3.8, 4) is 11.5 Å². The molecule has 0 radical (unpaired) electrons. The molecule has 1 aliphatic heterocycles. The van der Waals surface area contributed by atoms with Crippen LogP contribution in [0, 0.1) is 0 Å². The van der Waals surface area contributed by atoms with Crippen molar-refractivity contribution in [1.29, 1.82) is 0 Å². The van der Waals surface area contributed by atoms with Gasteiger partial charge >= 0.3 is 0 Å². The van der Waals surface area contributed by atoms with E-state index in [1.54, 1.807) is 13.1 Å². The number of nitrogens with one attached hydrogen (secondary N) is 1. The molecule has 1 aromatic carbocycles. The number of amides is 1. The first kappa shape index (κ1) is 17.8. The minimum atomic E-state index is 0.0782. The van der Waals surface area contributed by atoms with E-state index in [-0.39, 0.29) is 5.91 Å². The van der Waals surface area contributed by atoms with Crippen LogP contribution in [0.1, 0.15) is 36.1 Å². The highest BCUT2D eigenvalue weighted by Gasteiger charge is 2.39. The predicted molar refractivity (Wildman–Crippen MR) is 111 cm³/mol. The van der Waals surface area contributed by atoms with Crippen molar-refractivity contribution in [1.82, 2.24) is 19.9 Å². The maximum absolute atomic E-state index is 11.9. The summed E-state index contributed by atoms with van der Waals surface area (Å²) in [5, 5.41) is 3.66. The van der Waals surface area contributed by atoms with Crippen LogP contribution in [0.3, 0.4) is 0 Å². The zero-order valence-electron chi connectivity index (χ0n) is 16.4. The fourth-order valence-corrected chi connectivity index (χ4v) is 4.03. The number of carbonyl (C=O) groups excluding carboxylic acids is 1. The van der Waals surface area contributed by atoms with Crippen molar-refractivity contribution in [2.75, 3.05) is 11.9 Å². The Hall–Kier alpha value is -3.28. The van der Waals surface area contributed by atoms with Gasteiger partial charge in [-0.15, -0.1) is 0 Å². The van der Waals surface area contributed by atoms with E-state index in [4.69, 9.17) is 9.97 Å². The van der Waals surface area contributed by atoms with Gasteiger partial charge in [-0.2, -0.15) is 0 Å². The summed E-state index contributed by atoms with van der Waals surface area (Å²) in [7, 11) is 0. The maximum Gasteiger partial charge on any atom is 0.219 e. The topological polar surface area (TPSA) is 71.0 Å². The Balaban J connectivity index is 1.47. The molecular formula is C23H23N5O. The van der Waals surface area contributed by atoms with Crippen LogP contribution in [-0.2, 0) is 17.8 Å². The number of hydrogen-bond donors (Lipinski definition) is 1. The number of hydrogen-bond acceptors (Lipinski definition) is 5. The molecule has 1 amide bonds. The van der Waals surface area contributed by atoms with Gasteiger partial charge in [-0.25, -0.2) is 9.97 Å². The number of aromatic nitrogens is 3. The number of rotatable bonds is 4. The van der Waals surface area contributed by atoms with E-state index < -0.39 is 0 Å². The standard InChI is InChI=1S/C23H23N5O/c1-15(29)28-12-10-17-21(14-28)26-23(19-9-5-6-11-24-19)27-22(17)25-20-13-18(20)16-7-3-2-4-8-16/h2-9,11,18,20H,10,12-14H2,1H3,(H,25,26,27)/t18-,20+/m0/s1. The molecule has 0 saturated heterocycles. The first-order valence-corrected chi connectivity index (χ1v) is 10.1. The van der Waals surface area contributed by atoms with Crippen molar-refractivity contribution in [3.63, 3.8) is 0 Å². The lowest BCUT2D eigenvalue weighted by Crippen LogP contribution is -2.35. The molecule has 2 aliphatic rings. The Labute approximate surface area is 170 Å². The van der Waals surface area contributed by atoms with Crippen molar-refractivity contribution < 1.29 is 4.79 Å². The van der Waals surface area contributed by atoms with E-state index in [1.165, 1.54) is 5.56 Å². The fraction of sp³-hybridized carbons (Fsp3) is 0.304. The van der Waals surface area contributed by atoms with Gasteiger partial charge < -0.3 is 10.2 Å². The Morgan fingerprint density at radius 3 is 2.69 bits per heavy atom. The number of anilines is 1. The minimum absolute atomic E-state index is 0.0782. The molecule has 6 nitrogen and oxygen atoms in total. The van der Waals surface area contributed by atoms with Gasteiger partial charge in [-0.3, -0.25) is 9.78 Å². The zero-order valence-corrected chi connectivity index (χ0v) is 16.4. The third kappa shape index (κ3) is 3.58. The summed E-state index contributed by atoms with van der Waals surface area (Å²) in [4.78, 5) is 27.8. The van der Waals surface area contributed by atoms with Gasteiger partial charge in [0.2, 0.25) is 5.91 Å². The molecule has 0 bridgehead atoms. The molecule has 1 fully saturated rings. The number of fused-ring (bicyclic) bond motifs is 1. The van der Waals surface area contributed by atoms with Crippen LogP contribution in [-0.4, -0.2) is 38.3 Å². The lowest BCUT2D eigenvalue weighted by Gasteiger charge is -2.28. The number of pyridine rings is 1. The highest BCUT2D eigenvalue weighted by Crippen LogP contribution is 2.43. The van der Waals surface area contributed by atoms with Gasteiger partial charge in [0, 0.05) is 37.2 Å². The molecular weight excluding hydrogens is 362 g/mol. The molecule has 0 spiro atoms. The molecule has 2 aromatic heterocycles. The van der Waals surface area contributed by atoms with Crippen LogP contribution in [0.25, 0.3) is 11.5 Å². The second-order valence-electron chi connectivity index (χ2n) is 7.73. The second kappa shape index (κ2) is 7.28. The molecule has 3 aromatic rings. The Kier molecular flexibility index (Phi) is 4.46. The van der Waals surface area contributed by atoms with Crippen molar-refractivity contribution in [2.24, 2.45) is 0 Å². The molecule has 1 aliphatic carbocycles. The van der Waals surface area contributed by atoms with Crippen LogP contribution in [0.2, 0.25) is 0 Å².